The molecule has 7 nitrogen and oxygen atoms in total. The highest BCUT2D eigenvalue weighted by Crippen LogP contribution is 2.36. The molecule has 0 spiro atoms. The summed E-state index contributed by atoms with van der Waals surface area (Å²) in [7, 11) is 1.41. The molecule has 4 N–H and O–H groups in total. The van der Waals surface area contributed by atoms with Gasteiger partial charge in [0, 0.05) is 20.1 Å². The molecule has 1 heterocycles. The van der Waals surface area contributed by atoms with Gasteiger partial charge < -0.3 is 20.3 Å². The normalized spacial score (nSPS) is 14.7. The average Bonchev–Trinajstić information content (AvgIpc) is 2.89. The van der Waals surface area contributed by atoms with Crippen LogP contribution in [0.3, 0.4) is 0 Å². The van der Waals surface area contributed by atoms with Crippen molar-refractivity contribution in [3.63, 3.8) is 0 Å². The Morgan fingerprint density at radius 3 is 2.00 bits per heavy atom. The molecular formula is C25H30ClF6N5O2. The van der Waals surface area contributed by atoms with Gasteiger partial charge >= 0.3 is 12.4 Å². The van der Waals surface area contributed by atoms with Crippen LogP contribution in [0.15, 0.2) is 54.0 Å². The maximum atomic E-state index is 13.3. The van der Waals surface area contributed by atoms with Crippen LogP contribution in [0.5, 0.6) is 0 Å². The van der Waals surface area contributed by atoms with E-state index in [2.05, 4.69) is 0 Å². The summed E-state index contributed by atoms with van der Waals surface area (Å²) in [6.07, 6.45) is -10.0. The molecule has 216 valence electrons. The number of halogens is 7. The van der Waals surface area contributed by atoms with Gasteiger partial charge in [-0.2, -0.15) is 26.3 Å². The van der Waals surface area contributed by atoms with Gasteiger partial charge in [-0.1, -0.05) is 37.6 Å². The fraction of sp³-hybridized carbons (Fsp3) is 0.400. The van der Waals surface area contributed by atoms with Crippen molar-refractivity contribution in [2.24, 2.45) is 11.6 Å². The quantitative estimate of drug-likeness (QED) is 0.211. The third kappa shape index (κ3) is 8.16. The summed E-state index contributed by atoms with van der Waals surface area (Å²) in [6, 6.07) is 7.61. The van der Waals surface area contributed by atoms with Gasteiger partial charge in [0.1, 0.15) is 11.5 Å². The van der Waals surface area contributed by atoms with Gasteiger partial charge in [-0.05, 0) is 35.9 Å². The lowest BCUT2D eigenvalue weighted by atomic mass is 10.0. The van der Waals surface area contributed by atoms with E-state index < -0.39 is 35.9 Å². The lowest BCUT2D eigenvalue weighted by Gasteiger charge is -2.37. The molecule has 1 saturated heterocycles. The smallest absolute Gasteiger partial charge is 0.391 e. The van der Waals surface area contributed by atoms with E-state index in [9.17, 15) is 31.1 Å². The molecular weight excluding hydrogens is 552 g/mol. The molecule has 0 radical (unpaired) electrons. The minimum Gasteiger partial charge on any atom is -0.391 e. The molecule has 0 aliphatic carbocycles. The maximum absolute atomic E-state index is 13.3. The van der Waals surface area contributed by atoms with Gasteiger partial charge in [-0.3, -0.25) is 9.80 Å². The SMILES string of the molecule is CC.CN(C(=O)/C(N)=C(/N(N)Cc1cc(C(F)(F)F)cc(C(F)(F)F)c1)N1CCOCC1)c1ccccc1Cl. The van der Waals surface area contributed by atoms with Gasteiger partial charge in [0.2, 0.25) is 0 Å². The van der Waals surface area contributed by atoms with Crippen molar-refractivity contribution in [3.8, 4) is 0 Å². The number of ether oxygens (including phenoxy) is 1. The van der Waals surface area contributed by atoms with E-state index in [1.54, 1.807) is 29.2 Å². The molecule has 2 aromatic carbocycles. The molecule has 2 aromatic rings. The van der Waals surface area contributed by atoms with E-state index in [0.717, 1.165) is 9.91 Å². The molecule has 39 heavy (non-hydrogen) atoms. The number of rotatable bonds is 6. The lowest BCUT2D eigenvalue weighted by molar-refractivity contribution is -0.143. The van der Waals surface area contributed by atoms with Crippen LogP contribution >= 0.6 is 11.6 Å². The number of carbonyl (C=O) groups excluding carboxylic acids is 1. The van der Waals surface area contributed by atoms with Crippen molar-refractivity contribution < 1.29 is 35.9 Å². The lowest BCUT2D eigenvalue weighted by Crippen LogP contribution is -2.48. The number of hydrogen-bond donors (Lipinski definition) is 2. The van der Waals surface area contributed by atoms with Crippen LogP contribution in [0, 0.1) is 0 Å². The summed E-state index contributed by atoms with van der Waals surface area (Å²) in [4.78, 5) is 16.0. The number of nitrogens with two attached hydrogens (primary N) is 2. The fourth-order valence-corrected chi connectivity index (χ4v) is 4.04. The molecule has 0 saturated carbocycles. The van der Waals surface area contributed by atoms with Crippen LogP contribution in [0.25, 0.3) is 0 Å². The van der Waals surface area contributed by atoms with Crippen molar-refractivity contribution in [1.82, 2.24) is 9.91 Å². The number of hydrogen-bond acceptors (Lipinski definition) is 6. The summed E-state index contributed by atoms with van der Waals surface area (Å²) in [6.45, 7) is 4.32. The van der Waals surface area contributed by atoms with Crippen LogP contribution in [0.2, 0.25) is 5.02 Å². The second kappa shape index (κ2) is 13.3. The van der Waals surface area contributed by atoms with E-state index in [0.29, 0.717) is 17.8 Å². The standard InChI is InChI=1S/C23H24ClF6N5O2.C2H6/c1-33(18-5-3-2-4-17(18)24)21(36)19(31)20(34-6-8-37-9-7-34)35(32)13-14-10-15(22(25,26)27)12-16(11-14)23(28,29)30;1-2/h2-5,10-12H,6-9,13,31-32H2,1H3;1-2H3/b20-19-;. The molecule has 0 unspecified atom stereocenters. The summed E-state index contributed by atoms with van der Waals surface area (Å²) in [5, 5.41) is 1.11. The van der Waals surface area contributed by atoms with Crippen molar-refractivity contribution in [1.29, 1.82) is 0 Å². The number of hydrazine groups is 1. The van der Waals surface area contributed by atoms with Gasteiger partial charge in [0.05, 0.1) is 41.6 Å². The first-order valence-corrected chi connectivity index (χ1v) is 12.2. The number of carbonyl (C=O) groups is 1. The Morgan fingerprint density at radius 2 is 1.51 bits per heavy atom. The third-order valence-electron chi connectivity index (χ3n) is 5.57. The number of para-hydroxylation sites is 1. The molecule has 1 amide bonds. The van der Waals surface area contributed by atoms with E-state index in [1.165, 1.54) is 7.05 Å². The first-order chi connectivity index (χ1) is 18.2. The predicted molar refractivity (Wildman–Crippen MR) is 136 cm³/mol. The minimum atomic E-state index is -5.02. The van der Waals surface area contributed by atoms with Crippen LogP contribution in [-0.2, 0) is 28.4 Å². The Bertz CT molecular complexity index is 1130. The van der Waals surface area contributed by atoms with E-state index in [-0.39, 0.29) is 54.5 Å². The molecule has 0 bridgehead atoms. The predicted octanol–water partition coefficient (Wildman–Crippen LogP) is 5.20. The number of amides is 1. The topological polar surface area (TPSA) is 88.1 Å². The van der Waals surface area contributed by atoms with Gasteiger partial charge in [-0.15, -0.1) is 0 Å². The highest BCUT2D eigenvalue weighted by atomic mass is 35.5. The van der Waals surface area contributed by atoms with Crippen molar-refractivity contribution in [3.05, 3.63) is 75.7 Å². The van der Waals surface area contributed by atoms with Gasteiger partial charge in [0.25, 0.3) is 5.91 Å². The highest BCUT2D eigenvalue weighted by molar-refractivity contribution is 6.34. The molecule has 0 atom stereocenters. The molecule has 1 fully saturated rings. The van der Waals surface area contributed by atoms with Crippen molar-refractivity contribution >= 4 is 23.2 Å². The van der Waals surface area contributed by atoms with Crippen molar-refractivity contribution in [2.75, 3.05) is 38.3 Å². The number of alkyl halides is 6. The fourth-order valence-electron chi connectivity index (χ4n) is 3.77. The first kappa shape index (κ1) is 32.1. The number of benzene rings is 2. The molecule has 0 aromatic heterocycles. The summed E-state index contributed by atoms with van der Waals surface area (Å²) in [5.41, 5.74) is 2.82. The monoisotopic (exact) mass is 581 g/mol. The second-order valence-corrected chi connectivity index (χ2v) is 8.60. The Hall–Kier alpha value is -3.16. The van der Waals surface area contributed by atoms with Crippen LogP contribution < -0.4 is 16.5 Å². The third-order valence-corrected chi connectivity index (χ3v) is 5.89. The molecule has 14 heteroatoms. The molecule has 1 aliphatic rings. The van der Waals surface area contributed by atoms with Gasteiger partial charge in [-0.25, -0.2) is 5.84 Å². The van der Waals surface area contributed by atoms with Crippen molar-refractivity contribution in [2.45, 2.75) is 32.7 Å². The van der Waals surface area contributed by atoms with E-state index in [4.69, 9.17) is 27.9 Å². The van der Waals surface area contributed by atoms with E-state index in [1.807, 2.05) is 13.8 Å². The summed E-state index contributed by atoms with van der Waals surface area (Å²) >= 11 is 6.17. The number of morpholine rings is 1. The number of anilines is 1. The Labute approximate surface area is 227 Å². The van der Waals surface area contributed by atoms with Crippen LogP contribution in [0.4, 0.5) is 32.0 Å². The summed E-state index contributed by atoms with van der Waals surface area (Å²) in [5.74, 6) is 5.36. The number of nitrogens with zero attached hydrogens (tertiary/aromatic N) is 3. The van der Waals surface area contributed by atoms with E-state index >= 15 is 0 Å². The zero-order valence-electron chi connectivity index (χ0n) is 21.5. The average molecular weight is 582 g/mol. The summed E-state index contributed by atoms with van der Waals surface area (Å²) < 4.78 is 85.2. The van der Waals surface area contributed by atoms with Crippen LogP contribution in [-0.4, -0.2) is 49.2 Å². The second-order valence-electron chi connectivity index (χ2n) is 8.19. The largest absolute Gasteiger partial charge is 0.416 e. The Balaban J connectivity index is 0.00000260. The zero-order chi connectivity index (χ0) is 29.5. The highest BCUT2D eigenvalue weighted by Gasteiger charge is 2.37. The maximum Gasteiger partial charge on any atom is 0.416 e. The zero-order valence-corrected chi connectivity index (χ0v) is 22.3. The molecule has 1 aliphatic heterocycles. The molecule has 3 rings (SSSR count). The van der Waals surface area contributed by atoms with Crippen LogP contribution in [0.1, 0.15) is 30.5 Å². The van der Waals surface area contributed by atoms with Gasteiger partial charge in [0.15, 0.2) is 0 Å². The Kier molecular flexibility index (Phi) is 10.9. The number of likely N-dealkylation sites (N-methyl/N-ethyl adjacent to an activating group) is 1. The Morgan fingerprint density at radius 1 is 1.00 bits per heavy atom. The first-order valence-electron chi connectivity index (χ1n) is 11.9. The minimum absolute atomic E-state index is 0.0273.